The first-order valence-corrected chi connectivity index (χ1v) is 7.27. The van der Waals surface area contributed by atoms with E-state index in [2.05, 4.69) is 5.10 Å². The summed E-state index contributed by atoms with van der Waals surface area (Å²) in [6.45, 7) is 3.99. The number of rotatable bonds is 2. The molecule has 0 N–H and O–H groups in total. The minimum Gasteiger partial charge on any atom is -0.294 e. The second-order valence-corrected chi connectivity index (χ2v) is 5.74. The fraction of sp³-hybridized carbons (Fsp3) is 0.375. The average Bonchev–Trinajstić information content (AvgIpc) is 2.92. The van der Waals surface area contributed by atoms with Gasteiger partial charge in [-0.05, 0) is 38.5 Å². The summed E-state index contributed by atoms with van der Waals surface area (Å²) in [5.74, 6) is -0.672. The molecule has 22 heavy (non-hydrogen) atoms. The lowest BCUT2D eigenvalue weighted by atomic mass is 10.0. The first-order valence-electron chi connectivity index (χ1n) is 7.27. The summed E-state index contributed by atoms with van der Waals surface area (Å²) < 4.78 is 28.8. The highest BCUT2D eigenvalue weighted by Crippen LogP contribution is 2.31. The maximum absolute atomic E-state index is 13.7. The molecule has 2 atom stereocenters. The Balaban J connectivity index is 1.89. The molecule has 0 fully saturated rings. The smallest absolute Gasteiger partial charge is 0.232 e. The molecule has 0 saturated heterocycles. The molecule has 3 rings (SSSR count). The van der Waals surface area contributed by atoms with Gasteiger partial charge in [-0.3, -0.25) is 9.69 Å². The zero-order valence-electron chi connectivity index (χ0n) is 12.5. The van der Waals surface area contributed by atoms with Crippen molar-refractivity contribution >= 4 is 11.7 Å². The van der Waals surface area contributed by atoms with E-state index in [0.29, 0.717) is 5.82 Å². The number of carbonyl (C=O) groups excluding carboxylic acids is 1. The molecule has 0 spiro atoms. The highest BCUT2D eigenvalue weighted by Gasteiger charge is 2.32. The van der Waals surface area contributed by atoms with E-state index in [1.165, 1.54) is 0 Å². The van der Waals surface area contributed by atoms with E-state index < -0.39 is 11.6 Å². The third-order valence-corrected chi connectivity index (χ3v) is 4.05. The Bertz CT molecular complexity index is 713. The van der Waals surface area contributed by atoms with Crippen LogP contribution in [0.4, 0.5) is 14.6 Å². The van der Waals surface area contributed by atoms with Crippen molar-refractivity contribution in [3.05, 3.63) is 47.7 Å². The third kappa shape index (κ3) is 2.49. The van der Waals surface area contributed by atoms with Crippen LogP contribution in [0.1, 0.15) is 31.9 Å². The van der Waals surface area contributed by atoms with Crippen molar-refractivity contribution in [3.8, 4) is 0 Å². The topological polar surface area (TPSA) is 38.1 Å². The summed E-state index contributed by atoms with van der Waals surface area (Å²) in [4.78, 5) is 14.2. The average molecular weight is 305 g/mol. The van der Waals surface area contributed by atoms with Crippen molar-refractivity contribution in [2.75, 3.05) is 4.90 Å². The van der Waals surface area contributed by atoms with E-state index in [1.807, 2.05) is 13.8 Å². The van der Waals surface area contributed by atoms with Crippen LogP contribution in [0.25, 0.3) is 0 Å². The van der Waals surface area contributed by atoms with E-state index in [4.69, 9.17) is 0 Å². The molecule has 0 unspecified atom stereocenters. The Hall–Kier alpha value is -2.24. The Morgan fingerprint density at radius 2 is 2.05 bits per heavy atom. The lowest BCUT2D eigenvalue weighted by Gasteiger charge is -2.37. The molecule has 2 heterocycles. The molecule has 4 nitrogen and oxygen atoms in total. The fourth-order valence-electron chi connectivity index (χ4n) is 3.06. The Morgan fingerprint density at radius 1 is 1.27 bits per heavy atom. The van der Waals surface area contributed by atoms with Gasteiger partial charge in [-0.15, -0.1) is 0 Å². The molecule has 0 aliphatic carbocycles. The van der Waals surface area contributed by atoms with Crippen LogP contribution in [-0.2, 0) is 11.2 Å². The number of nitrogens with zero attached hydrogens (tertiary/aromatic N) is 3. The molecule has 1 aliphatic rings. The molecule has 0 radical (unpaired) electrons. The molecule has 6 heteroatoms. The van der Waals surface area contributed by atoms with Crippen LogP contribution in [0.3, 0.4) is 0 Å². The molecule has 1 aliphatic heterocycles. The molecule has 1 amide bonds. The highest BCUT2D eigenvalue weighted by atomic mass is 19.1. The number of halogens is 2. The molecular formula is C16H17F2N3O. The predicted octanol–water partition coefficient (Wildman–Crippen LogP) is 3.09. The zero-order valence-corrected chi connectivity index (χ0v) is 12.5. The predicted molar refractivity (Wildman–Crippen MR) is 78.6 cm³/mol. The van der Waals surface area contributed by atoms with Gasteiger partial charge in [0.2, 0.25) is 5.91 Å². The minimum absolute atomic E-state index is 0.0108. The van der Waals surface area contributed by atoms with Crippen molar-refractivity contribution in [3.63, 3.8) is 0 Å². The number of aromatic nitrogens is 2. The molecule has 116 valence electrons. The van der Waals surface area contributed by atoms with Crippen molar-refractivity contribution in [2.45, 2.75) is 38.8 Å². The molecule has 1 aromatic carbocycles. The number of carbonyl (C=O) groups is 1. The summed E-state index contributed by atoms with van der Waals surface area (Å²) in [5.41, 5.74) is 0.0712. The van der Waals surface area contributed by atoms with Gasteiger partial charge in [-0.25, -0.2) is 13.5 Å². The highest BCUT2D eigenvalue weighted by molar-refractivity contribution is 5.94. The Morgan fingerprint density at radius 3 is 2.82 bits per heavy atom. The number of hydrogen-bond donors (Lipinski definition) is 0. The lowest BCUT2D eigenvalue weighted by Crippen LogP contribution is -2.45. The van der Waals surface area contributed by atoms with Crippen molar-refractivity contribution in [1.82, 2.24) is 9.78 Å². The minimum atomic E-state index is -0.568. The first kappa shape index (κ1) is 14.7. The van der Waals surface area contributed by atoms with Crippen molar-refractivity contribution < 1.29 is 13.6 Å². The summed E-state index contributed by atoms with van der Waals surface area (Å²) >= 11 is 0. The van der Waals surface area contributed by atoms with E-state index in [9.17, 15) is 13.6 Å². The molecule has 0 bridgehead atoms. The lowest BCUT2D eigenvalue weighted by molar-refractivity contribution is -0.118. The molecule has 2 aromatic rings. The van der Waals surface area contributed by atoms with Gasteiger partial charge in [-0.2, -0.15) is 5.10 Å². The second-order valence-electron chi connectivity index (χ2n) is 5.74. The van der Waals surface area contributed by atoms with Crippen molar-refractivity contribution in [2.24, 2.45) is 0 Å². The van der Waals surface area contributed by atoms with E-state index in [-0.39, 0.29) is 30.0 Å². The maximum atomic E-state index is 13.7. The first-order chi connectivity index (χ1) is 10.5. The van der Waals surface area contributed by atoms with Gasteiger partial charge in [-0.1, -0.05) is 0 Å². The van der Waals surface area contributed by atoms with Crippen LogP contribution in [0, 0.1) is 11.6 Å². The Kier molecular flexibility index (Phi) is 3.68. The number of fused-ring (bicyclic) bond motifs is 1. The standard InChI is InChI=1S/C16H17F2N3O/c1-10-7-11(2)21-15(5-6-19-21)20(10)16(22)9-12-8-13(17)3-4-14(12)18/h3-6,8,10-11H,7,9H2,1-2H3/t10-,11-/m0/s1. The van der Waals surface area contributed by atoms with E-state index in [1.54, 1.807) is 21.8 Å². The molecule has 0 saturated carbocycles. The van der Waals surface area contributed by atoms with Gasteiger partial charge in [0.05, 0.1) is 18.7 Å². The SMILES string of the molecule is C[C@H]1C[C@H](C)n2nccc2N1C(=O)Cc1cc(F)ccc1F. The number of benzene rings is 1. The number of hydrogen-bond acceptors (Lipinski definition) is 2. The summed E-state index contributed by atoms with van der Waals surface area (Å²) in [6.07, 6.45) is 2.24. The van der Waals surface area contributed by atoms with Crippen LogP contribution in [0.5, 0.6) is 0 Å². The largest absolute Gasteiger partial charge is 0.294 e. The monoisotopic (exact) mass is 305 g/mol. The van der Waals surface area contributed by atoms with Crippen LogP contribution in [-0.4, -0.2) is 21.7 Å². The van der Waals surface area contributed by atoms with Gasteiger partial charge >= 0.3 is 0 Å². The number of anilines is 1. The van der Waals surface area contributed by atoms with E-state index in [0.717, 1.165) is 24.6 Å². The number of amides is 1. The van der Waals surface area contributed by atoms with Gasteiger partial charge in [0.25, 0.3) is 0 Å². The van der Waals surface area contributed by atoms with E-state index >= 15 is 0 Å². The van der Waals surface area contributed by atoms with Crippen molar-refractivity contribution in [1.29, 1.82) is 0 Å². The van der Waals surface area contributed by atoms with Gasteiger partial charge in [0, 0.05) is 17.7 Å². The van der Waals surface area contributed by atoms with Crippen LogP contribution >= 0.6 is 0 Å². The maximum Gasteiger partial charge on any atom is 0.232 e. The van der Waals surface area contributed by atoms with Crippen LogP contribution in [0.15, 0.2) is 30.5 Å². The third-order valence-electron chi connectivity index (χ3n) is 4.05. The molecule has 1 aromatic heterocycles. The summed E-state index contributed by atoms with van der Waals surface area (Å²) in [6, 6.07) is 5.12. The summed E-state index contributed by atoms with van der Waals surface area (Å²) in [7, 11) is 0. The normalized spacial score (nSPS) is 20.8. The van der Waals surface area contributed by atoms with Gasteiger partial charge < -0.3 is 0 Å². The van der Waals surface area contributed by atoms with Crippen LogP contribution in [0.2, 0.25) is 0 Å². The molecular weight excluding hydrogens is 288 g/mol. The fourth-order valence-corrected chi connectivity index (χ4v) is 3.06. The Labute approximate surface area is 127 Å². The quantitative estimate of drug-likeness (QED) is 0.855. The second kappa shape index (κ2) is 5.51. The van der Waals surface area contributed by atoms with Gasteiger partial charge in [0.1, 0.15) is 17.5 Å². The summed E-state index contributed by atoms with van der Waals surface area (Å²) in [5, 5.41) is 4.23. The van der Waals surface area contributed by atoms with Crippen LogP contribution < -0.4 is 4.90 Å². The van der Waals surface area contributed by atoms with Gasteiger partial charge in [0.15, 0.2) is 0 Å². The zero-order chi connectivity index (χ0) is 15.9.